The van der Waals surface area contributed by atoms with Gasteiger partial charge in [-0.25, -0.2) is 4.99 Å². The standard InChI is InChI=1S/C4H6ClN3OS.2HI.V/c1-3-6-4(5)8-10(7-3)9-2;;;/h1-2H3;2*1H;/q;;;+2/p-2. The summed E-state index contributed by atoms with van der Waals surface area (Å²) in [4.78, 5) is 3.77. The van der Waals surface area contributed by atoms with Crippen molar-refractivity contribution >= 4 is 73.8 Å². The molecule has 0 fully saturated rings. The van der Waals surface area contributed by atoms with Gasteiger partial charge in [-0.1, -0.05) is 0 Å². The molecule has 13 heavy (non-hydrogen) atoms. The van der Waals surface area contributed by atoms with Gasteiger partial charge in [-0.05, 0) is 18.5 Å². The van der Waals surface area contributed by atoms with E-state index >= 15 is 0 Å². The van der Waals surface area contributed by atoms with E-state index in [2.05, 4.69) is 53.7 Å². The van der Waals surface area contributed by atoms with Gasteiger partial charge < -0.3 is 0 Å². The number of aliphatic imine (C=N–C) groups is 1. The van der Waals surface area contributed by atoms with Crippen LogP contribution in [0.1, 0.15) is 6.92 Å². The molecule has 1 heterocycles. The van der Waals surface area contributed by atoms with Crippen LogP contribution in [-0.2, 0) is 24.8 Å². The van der Waals surface area contributed by atoms with Crippen LogP contribution < -0.4 is 0 Å². The van der Waals surface area contributed by atoms with Crippen molar-refractivity contribution in [2.75, 3.05) is 7.11 Å². The Hall–Kier alpha value is 1.78. The van der Waals surface area contributed by atoms with Crippen molar-refractivity contribution in [3.8, 4) is 0 Å². The summed E-state index contributed by atoms with van der Waals surface area (Å²) in [5.41, 5.74) is 0. The average molecular weight is 484 g/mol. The minimum absolute atomic E-state index is 0.206. The first-order valence-electron chi connectivity index (χ1n) is 2.86. The fourth-order valence-electron chi connectivity index (χ4n) is 0.447. The second-order valence-corrected chi connectivity index (χ2v) is 14.9. The molecule has 75 valence electrons. The van der Waals surface area contributed by atoms with E-state index in [-0.39, 0.29) is 5.29 Å². The van der Waals surface area contributed by atoms with Gasteiger partial charge in [0.15, 0.2) is 11.2 Å². The molecule has 0 saturated heterocycles. The molecule has 1 rings (SSSR count). The van der Waals surface area contributed by atoms with Crippen molar-refractivity contribution in [2.24, 2.45) is 13.8 Å². The summed E-state index contributed by atoms with van der Waals surface area (Å²) >= 11 is 9.49. The predicted molar refractivity (Wildman–Crippen MR) is 71.2 cm³/mol. The second kappa shape index (κ2) is 9.04. The van der Waals surface area contributed by atoms with Crippen LogP contribution in [-0.4, -0.2) is 18.2 Å². The van der Waals surface area contributed by atoms with Crippen LogP contribution in [0.5, 0.6) is 0 Å². The zero-order valence-corrected chi connectivity index (χ0v) is 14.0. The number of hydrogen-bond acceptors (Lipinski definition) is 4. The fourth-order valence-corrected chi connectivity index (χ4v) is 1.37. The van der Waals surface area contributed by atoms with E-state index in [1.807, 2.05) is 0 Å². The maximum absolute atomic E-state index is 5.51. The Morgan fingerprint density at radius 1 is 1.54 bits per heavy atom. The summed E-state index contributed by atoms with van der Waals surface area (Å²) in [6, 6.07) is 0. The molecule has 1 unspecified atom stereocenters. The van der Waals surface area contributed by atoms with E-state index in [9.17, 15) is 0 Å². The van der Waals surface area contributed by atoms with Gasteiger partial charge in [-0.3, -0.25) is 4.18 Å². The SMILES string of the molecule is COS1=NC(Cl)=NC(C)=N1.[I][V][I]. The van der Waals surface area contributed by atoms with Gasteiger partial charge in [0.05, 0.1) is 7.11 Å². The molecule has 0 N–H and O–H groups in total. The number of halogens is 3. The molecule has 0 aromatic rings. The van der Waals surface area contributed by atoms with E-state index in [1.54, 1.807) is 6.92 Å². The first-order valence-corrected chi connectivity index (χ1v) is 13.3. The fraction of sp³-hybridized carbons (Fsp3) is 0.500. The first kappa shape index (κ1) is 14.8. The van der Waals surface area contributed by atoms with Crippen LogP contribution in [0.3, 0.4) is 0 Å². The van der Waals surface area contributed by atoms with Crippen molar-refractivity contribution in [1.29, 1.82) is 0 Å². The zero-order chi connectivity index (χ0) is 10.3. The molecule has 0 radical (unpaired) electrons. The van der Waals surface area contributed by atoms with Crippen LogP contribution in [0.2, 0.25) is 0 Å². The molecule has 0 aromatic heterocycles. The molecule has 9 heteroatoms. The second-order valence-electron chi connectivity index (χ2n) is 1.57. The van der Waals surface area contributed by atoms with Crippen molar-refractivity contribution < 1.29 is 13.6 Å². The molecule has 0 saturated carbocycles. The summed E-state index contributed by atoms with van der Waals surface area (Å²) in [5.74, 6) is 0.602. The van der Waals surface area contributed by atoms with Gasteiger partial charge in [-0.2, -0.15) is 4.40 Å². The van der Waals surface area contributed by atoms with Crippen LogP contribution in [0, 0.1) is 0 Å². The number of hydrogen-bond donors (Lipinski definition) is 0. The van der Waals surface area contributed by atoms with Gasteiger partial charge >= 0.3 is 49.4 Å². The van der Waals surface area contributed by atoms with Crippen LogP contribution >= 0.6 is 51.6 Å². The summed E-state index contributed by atoms with van der Waals surface area (Å²) in [7, 11) is 2.15. The molecule has 0 aliphatic carbocycles. The molecule has 1 aliphatic heterocycles. The number of nitrogens with zero attached hydrogens (tertiary/aromatic N) is 3. The predicted octanol–water partition coefficient (Wildman–Crippen LogP) is 3.06. The minimum atomic E-state index is -0.762. The summed E-state index contributed by atoms with van der Waals surface area (Å²) in [6.07, 6.45) is 0. The summed E-state index contributed by atoms with van der Waals surface area (Å²) < 4.78 is 12.6. The Labute approximate surface area is 114 Å². The van der Waals surface area contributed by atoms with Crippen molar-refractivity contribution in [3.05, 3.63) is 0 Å². The third-order valence-electron chi connectivity index (χ3n) is 0.767. The van der Waals surface area contributed by atoms with Crippen LogP contribution in [0.15, 0.2) is 13.8 Å². The molecule has 1 aliphatic rings. The van der Waals surface area contributed by atoms with E-state index in [1.165, 1.54) is 7.11 Å². The van der Waals surface area contributed by atoms with Gasteiger partial charge in [-0.15, -0.1) is 4.36 Å². The van der Waals surface area contributed by atoms with E-state index in [4.69, 9.17) is 15.8 Å². The summed E-state index contributed by atoms with van der Waals surface area (Å²) in [5, 5.41) is 0.206. The molecule has 0 amide bonds. The molecule has 4 nitrogen and oxygen atoms in total. The van der Waals surface area contributed by atoms with Crippen molar-refractivity contribution in [1.82, 2.24) is 0 Å². The Balaban J connectivity index is 0.000000424. The van der Waals surface area contributed by atoms with E-state index in [0.29, 0.717) is 15.3 Å². The molecular weight excluding hydrogens is 478 g/mol. The molecule has 0 spiro atoms. The molecular formula is C4H6ClI2N3OSV. The topological polar surface area (TPSA) is 46.3 Å². The maximum atomic E-state index is 5.51. The third kappa shape index (κ3) is 7.68. The number of rotatable bonds is 1. The Kier molecular flexibility index (Phi) is 10.3. The van der Waals surface area contributed by atoms with E-state index in [0.717, 1.165) is 0 Å². The summed E-state index contributed by atoms with van der Waals surface area (Å²) in [6.45, 7) is 1.75. The van der Waals surface area contributed by atoms with E-state index < -0.39 is 11.2 Å². The van der Waals surface area contributed by atoms with Gasteiger partial charge in [0.2, 0.25) is 5.29 Å². The van der Waals surface area contributed by atoms with Crippen molar-refractivity contribution in [2.45, 2.75) is 6.92 Å². The Morgan fingerprint density at radius 3 is 2.46 bits per heavy atom. The zero-order valence-electron chi connectivity index (χ0n) is 6.74. The monoisotopic (exact) mass is 484 g/mol. The quantitative estimate of drug-likeness (QED) is 0.417. The number of amidine groups is 2. The normalized spacial score (nSPS) is 20.2. The molecule has 0 bridgehead atoms. The third-order valence-corrected chi connectivity index (χ3v) is 2.08. The molecule has 1 atom stereocenters. The van der Waals surface area contributed by atoms with Gasteiger partial charge in [0, 0.05) is 0 Å². The van der Waals surface area contributed by atoms with Crippen LogP contribution in [0.4, 0.5) is 0 Å². The Bertz CT molecular complexity index is 257. The first-order chi connectivity index (χ1) is 6.13. The average Bonchev–Trinajstić information content (AvgIpc) is 2.04. The van der Waals surface area contributed by atoms with Crippen LogP contribution in [0.25, 0.3) is 0 Å². The Morgan fingerprint density at radius 2 is 2.08 bits per heavy atom. The molecule has 0 aromatic carbocycles. The van der Waals surface area contributed by atoms with Gasteiger partial charge in [0.25, 0.3) is 0 Å². The van der Waals surface area contributed by atoms with Gasteiger partial charge in [0.1, 0.15) is 5.84 Å². The van der Waals surface area contributed by atoms with Crippen molar-refractivity contribution in [3.63, 3.8) is 0 Å².